The van der Waals surface area contributed by atoms with Crippen LogP contribution in [0.25, 0.3) is 0 Å². The summed E-state index contributed by atoms with van der Waals surface area (Å²) < 4.78 is 11.3. The van der Waals surface area contributed by atoms with Crippen molar-refractivity contribution in [3.63, 3.8) is 0 Å². The lowest BCUT2D eigenvalue weighted by atomic mass is 10.2. The fraction of sp³-hybridized carbons (Fsp3) is 0.250. The largest absolute Gasteiger partial charge is 0.494 e. The van der Waals surface area contributed by atoms with E-state index in [2.05, 4.69) is 6.92 Å². The van der Waals surface area contributed by atoms with Gasteiger partial charge in [-0.25, -0.2) is 0 Å². The number of aliphatic hydroxyl groups excluding tert-OH is 1. The highest BCUT2D eigenvalue weighted by Crippen LogP contribution is 2.33. The third kappa shape index (κ3) is 3.65. The minimum Gasteiger partial charge on any atom is -0.494 e. The fourth-order valence-corrected chi connectivity index (χ4v) is 1.97. The van der Waals surface area contributed by atoms with Gasteiger partial charge in [-0.05, 0) is 36.8 Å². The number of halogens is 1. The van der Waals surface area contributed by atoms with Crippen LogP contribution in [-0.2, 0) is 6.61 Å². The molecule has 2 aromatic carbocycles. The maximum Gasteiger partial charge on any atom is 0.151 e. The zero-order valence-electron chi connectivity index (χ0n) is 11.3. The minimum absolute atomic E-state index is 0.117. The number of aliphatic hydroxyl groups is 1. The number of para-hydroxylation sites is 1. The van der Waals surface area contributed by atoms with Crippen LogP contribution in [0, 0.1) is 0 Å². The van der Waals surface area contributed by atoms with E-state index in [4.69, 9.17) is 21.1 Å². The fourth-order valence-electron chi connectivity index (χ4n) is 1.73. The molecule has 2 rings (SSSR count). The third-order valence-electron chi connectivity index (χ3n) is 2.74. The molecule has 0 aliphatic heterocycles. The number of benzene rings is 2. The van der Waals surface area contributed by atoms with E-state index in [-0.39, 0.29) is 6.61 Å². The van der Waals surface area contributed by atoms with E-state index < -0.39 is 0 Å². The molecule has 0 heterocycles. The molecule has 0 aromatic heterocycles. The molecule has 0 saturated carbocycles. The first-order valence-electron chi connectivity index (χ1n) is 6.53. The molecule has 2 aromatic rings. The van der Waals surface area contributed by atoms with Crippen molar-refractivity contribution in [3.05, 3.63) is 53.1 Å². The number of ether oxygens (including phenoxy) is 2. The smallest absolute Gasteiger partial charge is 0.151 e. The Hall–Kier alpha value is -1.71. The van der Waals surface area contributed by atoms with Crippen LogP contribution < -0.4 is 9.47 Å². The molecule has 0 aliphatic rings. The summed E-state index contributed by atoms with van der Waals surface area (Å²) >= 11 is 6.10. The molecule has 0 bridgehead atoms. The highest BCUT2D eigenvalue weighted by atomic mass is 35.5. The lowest BCUT2D eigenvalue weighted by molar-refractivity contribution is 0.276. The van der Waals surface area contributed by atoms with Gasteiger partial charge in [0.1, 0.15) is 11.5 Å². The van der Waals surface area contributed by atoms with Crippen LogP contribution in [0.4, 0.5) is 0 Å². The molecule has 20 heavy (non-hydrogen) atoms. The van der Waals surface area contributed by atoms with Gasteiger partial charge in [0.05, 0.1) is 18.2 Å². The van der Waals surface area contributed by atoms with Crippen LogP contribution >= 0.6 is 11.6 Å². The van der Waals surface area contributed by atoms with Gasteiger partial charge in [0.25, 0.3) is 0 Å². The van der Waals surface area contributed by atoms with Crippen molar-refractivity contribution in [2.45, 2.75) is 20.0 Å². The van der Waals surface area contributed by atoms with Gasteiger partial charge in [-0.1, -0.05) is 30.7 Å². The predicted octanol–water partition coefficient (Wildman–Crippen LogP) is 4.41. The topological polar surface area (TPSA) is 38.7 Å². The van der Waals surface area contributed by atoms with Crippen LogP contribution in [0.5, 0.6) is 17.2 Å². The zero-order valence-corrected chi connectivity index (χ0v) is 12.1. The molecular formula is C16H17ClO3. The van der Waals surface area contributed by atoms with Gasteiger partial charge < -0.3 is 14.6 Å². The SMILES string of the molecule is CCCOc1ccc(Oc2c(Cl)cccc2CO)cc1. The van der Waals surface area contributed by atoms with E-state index in [0.717, 1.165) is 12.2 Å². The number of hydrogen-bond acceptors (Lipinski definition) is 3. The summed E-state index contributed by atoms with van der Waals surface area (Å²) in [6.07, 6.45) is 0.970. The molecule has 0 radical (unpaired) electrons. The van der Waals surface area contributed by atoms with Gasteiger partial charge in [0, 0.05) is 5.56 Å². The standard InChI is InChI=1S/C16H17ClO3/c1-2-10-19-13-6-8-14(9-7-13)20-16-12(11-18)4-3-5-15(16)17/h3-9,18H,2,10-11H2,1H3. The number of rotatable bonds is 6. The summed E-state index contributed by atoms with van der Waals surface area (Å²) in [5.41, 5.74) is 0.656. The summed E-state index contributed by atoms with van der Waals surface area (Å²) in [6.45, 7) is 2.64. The first-order chi connectivity index (χ1) is 9.74. The van der Waals surface area contributed by atoms with Crippen LogP contribution in [-0.4, -0.2) is 11.7 Å². The molecule has 0 saturated heterocycles. The van der Waals surface area contributed by atoms with Crippen LogP contribution in [0.15, 0.2) is 42.5 Å². The molecule has 0 fully saturated rings. The molecule has 0 unspecified atom stereocenters. The quantitative estimate of drug-likeness (QED) is 0.857. The van der Waals surface area contributed by atoms with Crippen LogP contribution in [0.2, 0.25) is 5.02 Å². The van der Waals surface area contributed by atoms with E-state index in [1.54, 1.807) is 18.2 Å². The average Bonchev–Trinajstić information content (AvgIpc) is 2.48. The predicted molar refractivity (Wildman–Crippen MR) is 79.7 cm³/mol. The Morgan fingerprint density at radius 2 is 1.75 bits per heavy atom. The highest BCUT2D eigenvalue weighted by molar-refractivity contribution is 6.32. The van der Waals surface area contributed by atoms with Crippen molar-refractivity contribution in [2.24, 2.45) is 0 Å². The molecule has 3 nitrogen and oxygen atoms in total. The first-order valence-corrected chi connectivity index (χ1v) is 6.91. The lowest BCUT2D eigenvalue weighted by Crippen LogP contribution is -1.95. The summed E-state index contributed by atoms with van der Waals surface area (Å²) in [6, 6.07) is 12.6. The van der Waals surface area contributed by atoms with E-state index in [1.807, 2.05) is 24.3 Å². The van der Waals surface area contributed by atoms with Gasteiger partial charge in [-0.15, -0.1) is 0 Å². The third-order valence-corrected chi connectivity index (χ3v) is 3.03. The normalized spacial score (nSPS) is 10.3. The lowest BCUT2D eigenvalue weighted by Gasteiger charge is -2.12. The Labute approximate surface area is 123 Å². The van der Waals surface area contributed by atoms with Crippen LogP contribution in [0.1, 0.15) is 18.9 Å². The van der Waals surface area contributed by atoms with Crippen molar-refractivity contribution < 1.29 is 14.6 Å². The van der Waals surface area contributed by atoms with E-state index in [0.29, 0.717) is 28.7 Å². The maximum absolute atomic E-state index is 9.30. The van der Waals surface area contributed by atoms with Crippen molar-refractivity contribution >= 4 is 11.6 Å². The summed E-state index contributed by atoms with van der Waals surface area (Å²) in [5, 5.41) is 9.78. The van der Waals surface area contributed by atoms with Gasteiger partial charge >= 0.3 is 0 Å². The Kier molecular flexibility index (Phi) is 5.27. The molecule has 0 amide bonds. The molecule has 0 aliphatic carbocycles. The van der Waals surface area contributed by atoms with Crippen molar-refractivity contribution in [3.8, 4) is 17.2 Å². The Morgan fingerprint density at radius 1 is 1.05 bits per heavy atom. The van der Waals surface area contributed by atoms with Gasteiger partial charge in [0.15, 0.2) is 5.75 Å². The molecule has 4 heteroatoms. The molecule has 0 spiro atoms. The second-order valence-corrected chi connectivity index (χ2v) is 4.72. The second-order valence-electron chi connectivity index (χ2n) is 4.31. The van der Waals surface area contributed by atoms with Crippen molar-refractivity contribution in [2.75, 3.05) is 6.61 Å². The molecule has 0 atom stereocenters. The maximum atomic E-state index is 9.30. The Balaban J connectivity index is 2.14. The van der Waals surface area contributed by atoms with Gasteiger partial charge in [0.2, 0.25) is 0 Å². The van der Waals surface area contributed by atoms with Crippen molar-refractivity contribution in [1.82, 2.24) is 0 Å². The van der Waals surface area contributed by atoms with E-state index in [1.165, 1.54) is 0 Å². The van der Waals surface area contributed by atoms with E-state index >= 15 is 0 Å². The summed E-state index contributed by atoms with van der Waals surface area (Å²) in [7, 11) is 0. The van der Waals surface area contributed by atoms with Crippen LogP contribution in [0.3, 0.4) is 0 Å². The Morgan fingerprint density at radius 3 is 2.40 bits per heavy atom. The average molecular weight is 293 g/mol. The van der Waals surface area contributed by atoms with Gasteiger partial charge in [-0.2, -0.15) is 0 Å². The van der Waals surface area contributed by atoms with E-state index in [9.17, 15) is 5.11 Å². The zero-order chi connectivity index (χ0) is 14.4. The number of hydrogen-bond donors (Lipinski definition) is 1. The molecule has 106 valence electrons. The second kappa shape index (κ2) is 7.17. The summed E-state index contributed by atoms with van der Waals surface area (Å²) in [4.78, 5) is 0. The van der Waals surface area contributed by atoms with Crippen molar-refractivity contribution in [1.29, 1.82) is 0 Å². The Bertz CT molecular complexity index is 552. The highest BCUT2D eigenvalue weighted by Gasteiger charge is 2.09. The molecule has 1 N–H and O–H groups in total. The summed E-state index contributed by atoms with van der Waals surface area (Å²) in [5.74, 6) is 1.94. The first kappa shape index (κ1) is 14.7. The van der Waals surface area contributed by atoms with Gasteiger partial charge in [-0.3, -0.25) is 0 Å². The molecular weight excluding hydrogens is 276 g/mol. The monoisotopic (exact) mass is 292 g/mol. The minimum atomic E-state index is -0.117.